The van der Waals surface area contributed by atoms with E-state index in [9.17, 15) is 9.59 Å². The number of methoxy groups -OCH3 is 1. The molecule has 138 valence electrons. The maximum atomic E-state index is 13.3. The predicted molar refractivity (Wildman–Crippen MR) is 99.3 cm³/mol. The van der Waals surface area contributed by atoms with Crippen LogP contribution in [-0.2, 0) is 11.3 Å². The van der Waals surface area contributed by atoms with E-state index in [-0.39, 0.29) is 11.8 Å². The van der Waals surface area contributed by atoms with Crippen molar-refractivity contribution in [3.63, 3.8) is 0 Å². The number of amides is 1. The minimum atomic E-state index is -0.965. The summed E-state index contributed by atoms with van der Waals surface area (Å²) in [6, 6.07) is 14.8. The Labute approximate surface area is 156 Å². The zero-order valence-corrected chi connectivity index (χ0v) is 15.3. The lowest BCUT2D eigenvalue weighted by Crippen LogP contribution is -2.51. The number of fused-ring (bicyclic) bond motifs is 1. The van der Waals surface area contributed by atoms with E-state index in [1.165, 1.54) is 4.68 Å². The molecule has 0 aliphatic carbocycles. The average Bonchev–Trinajstić information content (AvgIpc) is 3.25. The van der Waals surface area contributed by atoms with Crippen LogP contribution in [0, 0.1) is 0 Å². The number of ether oxygens (including phenoxy) is 1. The summed E-state index contributed by atoms with van der Waals surface area (Å²) in [6.45, 7) is 2.16. The van der Waals surface area contributed by atoms with Gasteiger partial charge in [0, 0.05) is 13.0 Å². The molecule has 1 amide bonds. The van der Waals surface area contributed by atoms with Crippen molar-refractivity contribution in [3.8, 4) is 5.75 Å². The van der Waals surface area contributed by atoms with Crippen LogP contribution in [0.4, 0.5) is 0 Å². The van der Waals surface area contributed by atoms with Gasteiger partial charge in [0.25, 0.3) is 5.91 Å². The standard InChI is InChI=1S/C20H20N4O3/c1-20(19(26)24-17-6-4-3-5-16(17)21-22-24)12-11-18(25)23(20)13-14-7-9-15(27-2)10-8-14/h3-10H,11-13H2,1-2H3. The van der Waals surface area contributed by atoms with Crippen LogP contribution in [0.15, 0.2) is 48.5 Å². The second kappa shape index (κ2) is 6.50. The van der Waals surface area contributed by atoms with E-state index in [1.807, 2.05) is 42.5 Å². The highest BCUT2D eigenvalue weighted by molar-refractivity contribution is 5.99. The number of aromatic nitrogens is 3. The van der Waals surface area contributed by atoms with E-state index in [0.717, 1.165) is 11.3 Å². The fourth-order valence-electron chi connectivity index (χ4n) is 3.54. The largest absolute Gasteiger partial charge is 0.497 e. The van der Waals surface area contributed by atoms with Gasteiger partial charge < -0.3 is 9.64 Å². The summed E-state index contributed by atoms with van der Waals surface area (Å²) >= 11 is 0. The Morgan fingerprint density at radius 1 is 1.19 bits per heavy atom. The van der Waals surface area contributed by atoms with Crippen molar-refractivity contribution < 1.29 is 14.3 Å². The second-order valence-corrected chi connectivity index (χ2v) is 6.90. The number of carbonyl (C=O) groups is 2. The van der Waals surface area contributed by atoms with Crippen LogP contribution in [0.25, 0.3) is 11.0 Å². The minimum absolute atomic E-state index is 0.0360. The van der Waals surface area contributed by atoms with Gasteiger partial charge in [-0.05, 0) is 43.2 Å². The first-order chi connectivity index (χ1) is 13.0. The molecule has 2 aromatic carbocycles. The molecule has 7 heteroatoms. The van der Waals surface area contributed by atoms with E-state index in [1.54, 1.807) is 25.0 Å². The maximum absolute atomic E-state index is 13.3. The SMILES string of the molecule is COc1ccc(CN2C(=O)CCC2(C)C(=O)n2nnc3ccccc32)cc1. The molecule has 0 N–H and O–H groups in total. The van der Waals surface area contributed by atoms with Gasteiger partial charge in [-0.25, -0.2) is 0 Å². The summed E-state index contributed by atoms with van der Waals surface area (Å²) in [5.74, 6) is 0.473. The topological polar surface area (TPSA) is 77.3 Å². The van der Waals surface area contributed by atoms with Crippen molar-refractivity contribution in [2.75, 3.05) is 7.11 Å². The zero-order chi connectivity index (χ0) is 19.0. The number of likely N-dealkylation sites (tertiary alicyclic amines) is 1. The molecule has 1 aliphatic rings. The summed E-state index contributed by atoms with van der Waals surface area (Å²) in [7, 11) is 1.61. The lowest BCUT2D eigenvalue weighted by molar-refractivity contribution is -0.130. The minimum Gasteiger partial charge on any atom is -0.497 e. The molecule has 7 nitrogen and oxygen atoms in total. The number of carbonyl (C=O) groups excluding carboxylic acids is 2. The molecule has 3 aromatic rings. The smallest absolute Gasteiger partial charge is 0.274 e. The van der Waals surface area contributed by atoms with Crippen LogP contribution in [0.5, 0.6) is 5.75 Å². The Morgan fingerprint density at radius 3 is 2.67 bits per heavy atom. The normalized spacial score (nSPS) is 19.6. The van der Waals surface area contributed by atoms with Gasteiger partial charge >= 0.3 is 0 Å². The summed E-state index contributed by atoms with van der Waals surface area (Å²) in [6.07, 6.45) is 0.792. The number of para-hydroxylation sites is 1. The fourth-order valence-corrected chi connectivity index (χ4v) is 3.54. The van der Waals surface area contributed by atoms with Crippen molar-refractivity contribution >= 4 is 22.8 Å². The number of benzene rings is 2. The van der Waals surface area contributed by atoms with E-state index in [0.29, 0.717) is 30.4 Å². The van der Waals surface area contributed by atoms with Gasteiger partial charge in [0.05, 0.1) is 12.6 Å². The van der Waals surface area contributed by atoms with E-state index >= 15 is 0 Å². The summed E-state index contributed by atoms with van der Waals surface area (Å²) < 4.78 is 6.49. The monoisotopic (exact) mass is 364 g/mol. The lowest BCUT2D eigenvalue weighted by atomic mass is 9.97. The molecule has 1 unspecified atom stereocenters. The number of hydrogen-bond donors (Lipinski definition) is 0. The summed E-state index contributed by atoms with van der Waals surface area (Å²) in [5, 5.41) is 8.10. The lowest BCUT2D eigenvalue weighted by Gasteiger charge is -2.33. The zero-order valence-electron chi connectivity index (χ0n) is 15.3. The molecule has 1 fully saturated rings. The van der Waals surface area contributed by atoms with Gasteiger partial charge in [0.15, 0.2) is 0 Å². The van der Waals surface area contributed by atoms with Crippen molar-refractivity contribution in [1.82, 2.24) is 19.9 Å². The molecular formula is C20H20N4O3. The third-order valence-electron chi connectivity index (χ3n) is 5.23. The van der Waals surface area contributed by atoms with E-state index in [4.69, 9.17) is 4.74 Å². The van der Waals surface area contributed by atoms with Crippen LogP contribution in [0.2, 0.25) is 0 Å². The van der Waals surface area contributed by atoms with Gasteiger partial charge in [0.1, 0.15) is 16.8 Å². The molecular weight excluding hydrogens is 344 g/mol. The molecule has 2 heterocycles. The second-order valence-electron chi connectivity index (χ2n) is 6.90. The Hall–Kier alpha value is -3.22. The first-order valence-corrected chi connectivity index (χ1v) is 8.81. The fraction of sp³-hybridized carbons (Fsp3) is 0.300. The van der Waals surface area contributed by atoms with E-state index < -0.39 is 5.54 Å². The summed E-state index contributed by atoms with van der Waals surface area (Å²) in [5.41, 5.74) is 1.27. The van der Waals surface area contributed by atoms with Gasteiger partial charge in [-0.15, -0.1) is 5.10 Å². The highest BCUT2D eigenvalue weighted by Crippen LogP contribution is 2.34. The average molecular weight is 364 g/mol. The van der Waals surface area contributed by atoms with Crippen LogP contribution < -0.4 is 4.74 Å². The third-order valence-corrected chi connectivity index (χ3v) is 5.23. The Balaban J connectivity index is 1.66. The van der Waals surface area contributed by atoms with Gasteiger partial charge in [-0.1, -0.05) is 29.5 Å². The number of nitrogens with zero attached hydrogens (tertiary/aromatic N) is 4. The Morgan fingerprint density at radius 2 is 1.93 bits per heavy atom. The molecule has 4 rings (SSSR count). The maximum Gasteiger partial charge on any atom is 0.274 e. The summed E-state index contributed by atoms with van der Waals surface area (Å²) in [4.78, 5) is 27.5. The van der Waals surface area contributed by atoms with Gasteiger partial charge in [-0.2, -0.15) is 4.68 Å². The molecule has 0 radical (unpaired) electrons. The molecule has 1 aliphatic heterocycles. The molecule has 1 atom stereocenters. The van der Waals surface area contributed by atoms with Gasteiger partial charge in [0.2, 0.25) is 5.91 Å². The Kier molecular flexibility index (Phi) is 4.14. The van der Waals surface area contributed by atoms with Crippen LogP contribution in [0.1, 0.15) is 30.1 Å². The van der Waals surface area contributed by atoms with Crippen molar-refractivity contribution in [2.24, 2.45) is 0 Å². The van der Waals surface area contributed by atoms with Crippen molar-refractivity contribution in [2.45, 2.75) is 31.8 Å². The van der Waals surface area contributed by atoms with Crippen LogP contribution >= 0.6 is 0 Å². The van der Waals surface area contributed by atoms with Crippen LogP contribution in [-0.4, -0.2) is 44.4 Å². The van der Waals surface area contributed by atoms with Crippen LogP contribution in [0.3, 0.4) is 0 Å². The highest BCUT2D eigenvalue weighted by Gasteiger charge is 2.48. The van der Waals surface area contributed by atoms with Gasteiger partial charge in [-0.3, -0.25) is 9.59 Å². The molecule has 27 heavy (non-hydrogen) atoms. The molecule has 0 saturated carbocycles. The van der Waals surface area contributed by atoms with E-state index in [2.05, 4.69) is 10.3 Å². The molecule has 0 spiro atoms. The van der Waals surface area contributed by atoms with Crippen molar-refractivity contribution in [1.29, 1.82) is 0 Å². The molecule has 1 aromatic heterocycles. The first kappa shape index (κ1) is 17.2. The van der Waals surface area contributed by atoms with Crippen molar-refractivity contribution in [3.05, 3.63) is 54.1 Å². The Bertz CT molecular complexity index is 1010. The number of hydrogen-bond acceptors (Lipinski definition) is 5. The molecule has 1 saturated heterocycles. The third kappa shape index (κ3) is 2.85. The predicted octanol–water partition coefficient (Wildman–Crippen LogP) is 2.66. The quantitative estimate of drug-likeness (QED) is 0.711. The highest BCUT2D eigenvalue weighted by atomic mass is 16.5. The first-order valence-electron chi connectivity index (χ1n) is 8.81. The molecule has 0 bridgehead atoms. The number of rotatable bonds is 4.